The average molecular weight is 258 g/mol. The van der Waals surface area contributed by atoms with Crippen molar-refractivity contribution < 1.29 is 9.59 Å². The number of aliphatic hydroxyl groups is 1. The van der Waals surface area contributed by atoms with E-state index in [2.05, 4.69) is 55.6 Å². The van der Waals surface area contributed by atoms with Crippen molar-refractivity contribution in [1.29, 1.82) is 0 Å². The molecule has 0 radical (unpaired) electrons. The average Bonchev–Trinajstić information content (AvgIpc) is 2.17. The highest BCUT2D eigenvalue weighted by molar-refractivity contribution is 4.99. The summed E-state index contributed by atoms with van der Waals surface area (Å²) in [5, 5.41) is 7.00. The number of nitrogens with zero attached hydrogens (tertiary/aromatic N) is 1. The molecule has 0 aromatic carbocycles. The number of aliphatic hydroxyl groups excluding tert-OH is 1. The summed E-state index contributed by atoms with van der Waals surface area (Å²) >= 11 is 0. The number of likely N-dealkylation sites (tertiary alicyclic amines) is 1. The summed E-state index contributed by atoms with van der Waals surface area (Å²) in [4.78, 5) is 0. The lowest BCUT2D eigenvalue weighted by Crippen LogP contribution is -2.57. The Hall–Kier alpha value is -0.0800. The smallest absolute Gasteiger partial charge is 0.0788 e. The molecule has 1 heterocycles. The van der Waals surface area contributed by atoms with E-state index < -0.39 is 0 Å². The predicted molar refractivity (Wildman–Crippen MR) is 80.6 cm³/mol. The van der Waals surface area contributed by atoms with Crippen LogP contribution in [0.3, 0.4) is 0 Å². The largest absolute Gasteiger partial charge is 0.400 e. The third-order valence-corrected chi connectivity index (χ3v) is 5.16. The number of hydrogen-bond donors (Lipinski definition) is 1. The fourth-order valence-corrected chi connectivity index (χ4v) is 3.85. The van der Waals surface area contributed by atoms with E-state index in [1.54, 1.807) is 0 Å². The van der Waals surface area contributed by atoms with Gasteiger partial charge in [-0.2, -0.15) is 0 Å². The zero-order valence-corrected chi connectivity index (χ0v) is 14.2. The Bertz CT molecular complexity index is 229. The van der Waals surface area contributed by atoms with E-state index in [4.69, 9.17) is 5.11 Å². The highest BCUT2D eigenvalue weighted by Gasteiger charge is 2.53. The van der Waals surface area contributed by atoms with Gasteiger partial charge in [-0.25, -0.2) is 0 Å². The van der Waals surface area contributed by atoms with Crippen molar-refractivity contribution in [3.63, 3.8) is 0 Å². The third kappa shape index (κ3) is 3.48. The Morgan fingerprint density at radius 2 is 1.06 bits per heavy atom. The zero-order chi connectivity index (χ0) is 14.8. The number of hydrogen-bond acceptors (Lipinski definition) is 1. The topological polar surface area (TPSA) is 20.2 Å². The molecule has 1 saturated heterocycles. The molecular formula is C16H36NO+. The van der Waals surface area contributed by atoms with Gasteiger partial charge in [0, 0.05) is 20.0 Å². The summed E-state index contributed by atoms with van der Waals surface area (Å²) in [5.41, 5.74) is 1.31. The molecule has 1 fully saturated rings. The van der Waals surface area contributed by atoms with Gasteiger partial charge in [-0.1, -0.05) is 41.5 Å². The second-order valence-corrected chi connectivity index (χ2v) is 8.47. The van der Waals surface area contributed by atoms with Gasteiger partial charge < -0.3 is 9.59 Å². The van der Waals surface area contributed by atoms with Crippen LogP contribution in [0.5, 0.6) is 0 Å². The van der Waals surface area contributed by atoms with Crippen LogP contribution in [-0.2, 0) is 0 Å². The Morgan fingerprint density at radius 1 is 0.778 bits per heavy atom. The normalized spacial score (nSPS) is 23.0. The van der Waals surface area contributed by atoms with Gasteiger partial charge in [-0.15, -0.1) is 0 Å². The Labute approximate surface area is 115 Å². The minimum absolute atomic E-state index is 0.408. The Kier molecular flexibility index (Phi) is 5.48. The lowest BCUT2D eigenvalue weighted by Gasteiger charge is -2.58. The van der Waals surface area contributed by atoms with Crippen molar-refractivity contribution in [2.24, 2.45) is 16.2 Å². The predicted octanol–water partition coefficient (Wildman–Crippen LogP) is 3.54. The molecule has 0 saturated carbocycles. The van der Waals surface area contributed by atoms with Crippen LogP contribution in [0, 0.1) is 16.2 Å². The Morgan fingerprint density at radius 3 is 1.28 bits per heavy atom. The maximum Gasteiger partial charge on any atom is 0.0788 e. The van der Waals surface area contributed by atoms with Crippen LogP contribution in [0.4, 0.5) is 0 Å². The molecule has 1 rings (SSSR count). The molecule has 1 aliphatic rings. The summed E-state index contributed by atoms with van der Waals surface area (Å²) in [5.74, 6) is 0. The van der Waals surface area contributed by atoms with Crippen molar-refractivity contribution in [2.75, 3.05) is 34.3 Å². The van der Waals surface area contributed by atoms with E-state index in [1.165, 1.54) is 30.4 Å². The van der Waals surface area contributed by atoms with Crippen LogP contribution in [0.15, 0.2) is 0 Å². The van der Waals surface area contributed by atoms with Crippen LogP contribution in [-0.4, -0.2) is 43.9 Å². The minimum atomic E-state index is 0.408. The monoisotopic (exact) mass is 258 g/mol. The standard InChI is InChI=1S/C15H32N.CH4O/c1-13(2,3)15(14(4,5)6)9-11-16(7,8)12-10-15;1-2/h9-12H2,1-8H3;2H,1H3/q+1;. The summed E-state index contributed by atoms with van der Waals surface area (Å²) < 4.78 is 1.20. The van der Waals surface area contributed by atoms with Crippen LogP contribution in [0.25, 0.3) is 0 Å². The van der Waals surface area contributed by atoms with Gasteiger partial charge in [-0.05, 0) is 16.2 Å². The van der Waals surface area contributed by atoms with Crippen molar-refractivity contribution in [3.8, 4) is 0 Å². The highest BCUT2D eigenvalue weighted by Crippen LogP contribution is 2.58. The first-order valence-electron chi connectivity index (χ1n) is 7.18. The van der Waals surface area contributed by atoms with Gasteiger partial charge in [0.05, 0.1) is 27.2 Å². The second kappa shape index (κ2) is 5.50. The van der Waals surface area contributed by atoms with E-state index in [0.717, 1.165) is 7.11 Å². The van der Waals surface area contributed by atoms with Crippen LogP contribution >= 0.6 is 0 Å². The molecule has 0 aromatic rings. The number of quaternary nitrogens is 1. The van der Waals surface area contributed by atoms with Gasteiger partial charge in [0.25, 0.3) is 0 Å². The number of rotatable bonds is 0. The fraction of sp³-hybridized carbons (Fsp3) is 1.00. The van der Waals surface area contributed by atoms with Crippen LogP contribution in [0.2, 0.25) is 0 Å². The number of piperidine rings is 1. The van der Waals surface area contributed by atoms with Crippen molar-refractivity contribution in [3.05, 3.63) is 0 Å². The molecule has 0 bridgehead atoms. The molecule has 18 heavy (non-hydrogen) atoms. The molecule has 0 amide bonds. The summed E-state index contributed by atoms with van der Waals surface area (Å²) in [6.07, 6.45) is 2.74. The van der Waals surface area contributed by atoms with Crippen LogP contribution < -0.4 is 0 Å². The van der Waals surface area contributed by atoms with Gasteiger partial charge >= 0.3 is 0 Å². The van der Waals surface area contributed by atoms with E-state index in [0.29, 0.717) is 16.2 Å². The molecule has 0 unspecified atom stereocenters. The van der Waals surface area contributed by atoms with Gasteiger partial charge in [0.2, 0.25) is 0 Å². The lowest BCUT2D eigenvalue weighted by molar-refractivity contribution is -0.898. The third-order valence-electron chi connectivity index (χ3n) is 5.16. The van der Waals surface area contributed by atoms with E-state index >= 15 is 0 Å². The van der Waals surface area contributed by atoms with Crippen molar-refractivity contribution >= 4 is 0 Å². The second-order valence-electron chi connectivity index (χ2n) is 8.47. The van der Waals surface area contributed by atoms with E-state index in [9.17, 15) is 0 Å². The summed E-state index contributed by atoms with van der Waals surface area (Å²) in [7, 11) is 5.74. The molecule has 0 aliphatic carbocycles. The SMILES string of the molecule is CC(C)(C)C1(C(C)(C)C)CC[N+](C)(C)CC1.CO. The minimum Gasteiger partial charge on any atom is -0.400 e. The molecule has 1 aliphatic heterocycles. The molecule has 2 nitrogen and oxygen atoms in total. The molecule has 0 aromatic heterocycles. The molecule has 0 spiro atoms. The fourth-order valence-electron chi connectivity index (χ4n) is 3.85. The lowest BCUT2D eigenvalue weighted by atomic mass is 9.50. The first-order chi connectivity index (χ1) is 7.91. The Balaban J connectivity index is 0.00000137. The first kappa shape index (κ1) is 17.9. The van der Waals surface area contributed by atoms with Gasteiger partial charge in [-0.3, -0.25) is 0 Å². The van der Waals surface area contributed by atoms with E-state index in [1.807, 2.05) is 0 Å². The zero-order valence-electron chi connectivity index (χ0n) is 14.2. The molecule has 0 atom stereocenters. The molecule has 1 N–H and O–H groups in total. The summed E-state index contributed by atoms with van der Waals surface area (Å²) in [6.45, 7) is 17.3. The van der Waals surface area contributed by atoms with E-state index in [-0.39, 0.29) is 0 Å². The first-order valence-corrected chi connectivity index (χ1v) is 7.18. The quantitative estimate of drug-likeness (QED) is 0.659. The van der Waals surface area contributed by atoms with Gasteiger partial charge in [0.15, 0.2) is 0 Å². The molecule has 2 heteroatoms. The highest BCUT2D eigenvalue weighted by atomic mass is 16.2. The molecule has 110 valence electrons. The van der Waals surface area contributed by atoms with Crippen molar-refractivity contribution in [2.45, 2.75) is 54.4 Å². The maximum atomic E-state index is 7.00. The maximum absolute atomic E-state index is 7.00. The van der Waals surface area contributed by atoms with Crippen molar-refractivity contribution in [1.82, 2.24) is 0 Å². The van der Waals surface area contributed by atoms with Gasteiger partial charge in [0.1, 0.15) is 0 Å². The van der Waals surface area contributed by atoms with Crippen LogP contribution in [0.1, 0.15) is 54.4 Å². The molecular weight excluding hydrogens is 222 g/mol. The summed E-state index contributed by atoms with van der Waals surface area (Å²) in [6, 6.07) is 0.